The van der Waals surface area contributed by atoms with Crippen LogP contribution in [-0.4, -0.2) is 20.8 Å². The number of rotatable bonds is 5. The number of carbonyl (C=O) groups excluding carboxylic acids is 1. The molecule has 0 bridgehead atoms. The van der Waals surface area contributed by atoms with Crippen molar-refractivity contribution in [3.63, 3.8) is 0 Å². The Bertz CT molecular complexity index is 1460. The summed E-state index contributed by atoms with van der Waals surface area (Å²) < 4.78 is 0. The van der Waals surface area contributed by atoms with Gasteiger partial charge in [0.1, 0.15) is 0 Å². The van der Waals surface area contributed by atoms with Gasteiger partial charge in [0.05, 0.1) is 37.6 Å². The van der Waals surface area contributed by atoms with Crippen LogP contribution in [0.25, 0.3) is 32.7 Å². The van der Waals surface area contributed by atoms with Gasteiger partial charge in [-0.1, -0.05) is 48.5 Å². The molecule has 1 N–H and O–H groups in total. The zero-order valence-corrected chi connectivity index (χ0v) is 18.0. The van der Waals surface area contributed by atoms with E-state index in [1.54, 1.807) is 11.4 Å². The molecule has 0 atom stereocenters. The van der Waals surface area contributed by atoms with Crippen LogP contribution in [0.15, 0.2) is 77.5 Å². The fourth-order valence-corrected chi connectivity index (χ4v) is 4.88. The van der Waals surface area contributed by atoms with Crippen LogP contribution >= 0.6 is 22.7 Å². The molecule has 0 saturated carbocycles. The van der Waals surface area contributed by atoms with Gasteiger partial charge in [-0.3, -0.25) is 20.2 Å². The molecule has 5 rings (SSSR count). The maximum absolute atomic E-state index is 13.2. The Kier molecular flexibility index (Phi) is 5.18. The van der Waals surface area contributed by atoms with E-state index in [-0.39, 0.29) is 11.6 Å². The van der Waals surface area contributed by atoms with Crippen molar-refractivity contribution in [2.45, 2.75) is 0 Å². The van der Waals surface area contributed by atoms with Crippen LogP contribution in [-0.2, 0) is 0 Å². The van der Waals surface area contributed by atoms with Gasteiger partial charge in [0, 0.05) is 22.4 Å². The van der Waals surface area contributed by atoms with Gasteiger partial charge < -0.3 is 0 Å². The van der Waals surface area contributed by atoms with Crippen LogP contribution in [0.2, 0.25) is 0 Å². The number of thiazole rings is 1. The summed E-state index contributed by atoms with van der Waals surface area (Å²) in [5.41, 5.74) is 3.47. The van der Waals surface area contributed by atoms with Gasteiger partial charge in [-0.15, -0.1) is 22.7 Å². The summed E-state index contributed by atoms with van der Waals surface area (Å²) in [5.74, 6) is -0.293. The molecule has 3 aromatic heterocycles. The lowest BCUT2D eigenvalue weighted by Gasteiger charge is -2.09. The molecule has 7 nitrogen and oxygen atoms in total. The van der Waals surface area contributed by atoms with Crippen molar-refractivity contribution in [2.24, 2.45) is 0 Å². The summed E-state index contributed by atoms with van der Waals surface area (Å²) in [6.07, 6.45) is 0. The standard InChI is InChI=1S/C23H14N4O3S2/c28-22(26-23-25-20(13-32-23)21-10-15(12-31-21)27(29)30)17-11-19(14-6-2-1-3-7-14)24-18-9-5-4-8-16(17)18/h1-13H,(H,25,26,28). The maximum Gasteiger partial charge on any atom is 0.280 e. The number of hydrogen-bond donors (Lipinski definition) is 1. The Balaban J connectivity index is 1.47. The van der Waals surface area contributed by atoms with Crippen LogP contribution in [0, 0.1) is 10.1 Å². The van der Waals surface area contributed by atoms with Gasteiger partial charge in [0.15, 0.2) is 5.13 Å². The van der Waals surface area contributed by atoms with Gasteiger partial charge in [-0.25, -0.2) is 9.97 Å². The number of hydrogen-bond acceptors (Lipinski definition) is 7. The van der Waals surface area contributed by atoms with Gasteiger partial charge in [-0.05, 0) is 12.1 Å². The predicted molar refractivity (Wildman–Crippen MR) is 127 cm³/mol. The van der Waals surface area contributed by atoms with E-state index in [4.69, 9.17) is 4.98 Å². The highest BCUT2D eigenvalue weighted by Gasteiger charge is 2.17. The van der Waals surface area contributed by atoms with Crippen LogP contribution in [0.5, 0.6) is 0 Å². The second-order valence-corrected chi connectivity index (χ2v) is 8.63. The first-order valence-corrected chi connectivity index (χ1v) is 11.3. The molecule has 0 radical (unpaired) electrons. The first-order chi connectivity index (χ1) is 15.6. The first-order valence-electron chi connectivity index (χ1n) is 9.54. The van der Waals surface area contributed by atoms with E-state index in [1.807, 2.05) is 54.6 Å². The zero-order chi connectivity index (χ0) is 22.1. The van der Waals surface area contributed by atoms with Gasteiger partial charge in [0.25, 0.3) is 11.6 Å². The van der Waals surface area contributed by atoms with E-state index >= 15 is 0 Å². The van der Waals surface area contributed by atoms with Crippen molar-refractivity contribution in [3.8, 4) is 21.8 Å². The second kappa shape index (κ2) is 8.29. The molecule has 0 fully saturated rings. The number of thiophene rings is 1. The minimum absolute atomic E-state index is 0.0280. The summed E-state index contributed by atoms with van der Waals surface area (Å²) in [4.78, 5) is 33.5. The first kappa shape index (κ1) is 20.0. The summed E-state index contributed by atoms with van der Waals surface area (Å²) in [6, 6.07) is 20.5. The highest BCUT2D eigenvalue weighted by atomic mass is 32.1. The minimum Gasteiger partial charge on any atom is -0.298 e. The van der Waals surface area contributed by atoms with Crippen molar-refractivity contribution in [1.29, 1.82) is 0 Å². The molecule has 0 unspecified atom stereocenters. The summed E-state index contributed by atoms with van der Waals surface area (Å²) in [7, 11) is 0. The normalized spacial score (nSPS) is 10.9. The predicted octanol–water partition coefficient (Wildman–Crippen LogP) is 6.25. The average molecular weight is 459 g/mol. The van der Waals surface area contributed by atoms with Crippen LogP contribution < -0.4 is 5.32 Å². The third kappa shape index (κ3) is 3.86. The Morgan fingerprint density at radius 3 is 2.47 bits per heavy atom. The Morgan fingerprint density at radius 1 is 0.906 bits per heavy atom. The van der Waals surface area contributed by atoms with E-state index in [9.17, 15) is 14.9 Å². The van der Waals surface area contributed by atoms with Crippen LogP contribution in [0.3, 0.4) is 0 Å². The molecule has 1 amide bonds. The average Bonchev–Trinajstić information content (AvgIpc) is 3.49. The lowest BCUT2D eigenvalue weighted by Crippen LogP contribution is -2.13. The maximum atomic E-state index is 13.2. The smallest absolute Gasteiger partial charge is 0.280 e. The highest BCUT2D eigenvalue weighted by molar-refractivity contribution is 7.16. The number of para-hydroxylation sites is 1. The summed E-state index contributed by atoms with van der Waals surface area (Å²) >= 11 is 2.51. The topological polar surface area (TPSA) is 98.0 Å². The van der Waals surface area contributed by atoms with E-state index in [0.29, 0.717) is 27.0 Å². The second-order valence-electron chi connectivity index (χ2n) is 6.86. The fraction of sp³-hybridized carbons (Fsp3) is 0. The monoisotopic (exact) mass is 458 g/mol. The zero-order valence-electron chi connectivity index (χ0n) is 16.4. The molecule has 3 heterocycles. The minimum atomic E-state index is -0.437. The van der Waals surface area contributed by atoms with Crippen molar-refractivity contribution >= 4 is 50.3 Å². The number of benzene rings is 2. The van der Waals surface area contributed by atoms with Crippen molar-refractivity contribution in [1.82, 2.24) is 9.97 Å². The summed E-state index contributed by atoms with van der Waals surface area (Å²) in [6.45, 7) is 0. The third-order valence-corrected chi connectivity index (χ3v) is 6.50. The third-order valence-electron chi connectivity index (χ3n) is 4.80. The van der Waals surface area contributed by atoms with Crippen molar-refractivity contribution in [2.75, 3.05) is 5.32 Å². The molecule has 32 heavy (non-hydrogen) atoms. The molecule has 156 valence electrons. The molecular formula is C23H14N4O3S2. The quantitative estimate of drug-likeness (QED) is 0.248. The number of aromatic nitrogens is 2. The molecule has 0 aliphatic heterocycles. The van der Waals surface area contributed by atoms with E-state index in [0.717, 1.165) is 16.5 Å². The Hall–Kier alpha value is -3.95. The lowest BCUT2D eigenvalue weighted by molar-refractivity contribution is -0.384. The number of carbonyl (C=O) groups is 1. The summed E-state index contributed by atoms with van der Waals surface area (Å²) in [5, 5.41) is 18.2. The molecule has 0 aliphatic rings. The molecule has 0 spiro atoms. The Labute approximate surface area is 190 Å². The highest BCUT2D eigenvalue weighted by Crippen LogP contribution is 2.33. The lowest BCUT2D eigenvalue weighted by atomic mass is 10.0. The number of amides is 1. The molecule has 2 aromatic carbocycles. The number of pyridine rings is 1. The number of fused-ring (bicyclic) bond motifs is 1. The van der Waals surface area contributed by atoms with Crippen LogP contribution in [0.1, 0.15) is 10.4 Å². The van der Waals surface area contributed by atoms with Crippen LogP contribution in [0.4, 0.5) is 10.8 Å². The van der Waals surface area contributed by atoms with E-state index < -0.39 is 4.92 Å². The number of nitrogens with one attached hydrogen (secondary N) is 1. The molecule has 9 heteroatoms. The SMILES string of the molecule is O=C(Nc1nc(-c2cc([N+](=O)[O-])cs2)cs1)c1cc(-c2ccccc2)nc2ccccc12. The fourth-order valence-electron chi connectivity index (χ4n) is 3.29. The number of anilines is 1. The largest absolute Gasteiger partial charge is 0.298 e. The van der Waals surface area contributed by atoms with E-state index in [1.165, 1.54) is 34.1 Å². The van der Waals surface area contributed by atoms with Crippen molar-refractivity contribution in [3.05, 3.63) is 93.2 Å². The molecule has 0 saturated heterocycles. The van der Waals surface area contributed by atoms with Gasteiger partial charge >= 0.3 is 0 Å². The van der Waals surface area contributed by atoms with Crippen molar-refractivity contribution < 1.29 is 9.72 Å². The Morgan fingerprint density at radius 2 is 1.69 bits per heavy atom. The van der Waals surface area contributed by atoms with E-state index in [2.05, 4.69) is 10.3 Å². The molecule has 5 aromatic rings. The number of nitrogens with zero attached hydrogens (tertiary/aromatic N) is 3. The van der Waals surface area contributed by atoms with Gasteiger partial charge in [0.2, 0.25) is 0 Å². The molecule has 0 aliphatic carbocycles. The number of nitro groups is 1. The molecular weight excluding hydrogens is 444 g/mol. The van der Waals surface area contributed by atoms with Gasteiger partial charge in [-0.2, -0.15) is 0 Å².